The number of fused-ring (bicyclic) bond motifs is 10. The van der Waals surface area contributed by atoms with E-state index in [4.69, 9.17) is 8.83 Å². The van der Waals surface area contributed by atoms with Crippen molar-refractivity contribution >= 4 is 76.2 Å². The number of hydrogen-bond donors (Lipinski definition) is 0. The molecule has 0 amide bonds. The number of para-hydroxylation sites is 1. The molecule has 9 aromatic carbocycles. The average Bonchev–Trinajstić information content (AvgIpc) is 3.74. The van der Waals surface area contributed by atoms with E-state index in [2.05, 4.69) is 158 Å². The Balaban J connectivity index is 1.13. The molecule has 0 atom stereocenters. The van der Waals surface area contributed by atoms with Crippen molar-refractivity contribution in [3.05, 3.63) is 170 Å². The Morgan fingerprint density at radius 2 is 0.800 bits per heavy atom. The lowest BCUT2D eigenvalue weighted by Gasteiger charge is -2.18. The van der Waals surface area contributed by atoms with Crippen molar-refractivity contribution < 1.29 is 8.83 Å². The Morgan fingerprint density at radius 1 is 0.260 bits per heavy atom. The van der Waals surface area contributed by atoms with E-state index in [0.717, 1.165) is 54.8 Å². The highest BCUT2D eigenvalue weighted by molar-refractivity contribution is 6.25. The maximum Gasteiger partial charge on any atom is 0.136 e. The zero-order chi connectivity index (χ0) is 32.8. The predicted octanol–water partition coefficient (Wildman–Crippen LogP) is 13.9. The van der Waals surface area contributed by atoms with Gasteiger partial charge in [-0.1, -0.05) is 133 Å². The fourth-order valence-electron chi connectivity index (χ4n) is 8.18. The fourth-order valence-corrected chi connectivity index (χ4v) is 8.18. The van der Waals surface area contributed by atoms with E-state index in [1.165, 1.54) is 54.7 Å². The van der Waals surface area contributed by atoms with Gasteiger partial charge >= 0.3 is 0 Å². The summed E-state index contributed by atoms with van der Waals surface area (Å²) in [5.74, 6) is 0. The Kier molecular flexibility index (Phi) is 5.70. The van der Waals surface area contributed by atoms with E-state index in [9.17, 15) is 0 Å². The minimum Gasteiger partial charge on any atom is -0.456 e. The molecule has 11 rings (SSSR count). The number of rotatable bonds is 3. The average molecular weight is 637 g/mol. The highest BCUT2D eigenvalue weighted by atomic mass is 16.3. The third kappa shape index (κ3) is 3.96. The van der Waals surface area contributed by atoms with Crippen LogP contribution in [0.5, 0.6) is 0 Å². The van der Waals surface area contributed by atoms with Gasteiger partial charge in [0, 0.05) is 21.5 Å². The quantitative estimate of drug-likeness (QED) is 0.180. The first kappa shape index (κ1) is 27.3. The third-order valence-electron chi connectivity index (χ3n) is 10.5. The van der Waals surface area contributed by atoms with Crippen molar-refractivity contribution in [3.63, 3.8) is 0 Å². The summed E-state index contributed by atoms with van der Waals surface area (Å²) < 4.78 is 12.9. The first-order valence-electron chi connectivity index (χ1n) is 17.1. The summed E-state index contributed by atoms with van der Waals surface area (Å²) in [6.07, 6.45) is 0. The lowest BCUT2D eigenvalue weighted by Crippen LogP contribution is -1.91. The second kappa shape index (κ2) is 10.4. The van der Waals surface area contributed by atoms with Crippen LogP contribution in [-0.4, -0.2) is 0 Å². The van der Waals surface area contributed by atoms with Crippen LogP contribution in [-0.2, 0) is 0 Å². The second-order valence-corrected chi connectivity index (χ2v) is 13.2. The lowest BCUT2D eigenvalue weighted by molar-refractivity contribution is 0.668. The van der Waals surface area contributed by atoms with Gasteiger partial charge in [0.15, 0.2) is 0 Å². The minimum atomic E-state index is 0.885. The fraction of sp³-hybridized carbons (Fsp3) is 0. The number of hydrogen-bond acceptors (Lipinski definition) is 2. The first-order valence-corrected chi connectivity index (χ1v) is 17.1. The molecule has 0 aliphatic heterocycles. The molecule has 0 aliphatic rings. The normalized spacial score (nSPS) is 12.0. The molecule has 0 saturated heterocycles. The van der Waals surface area contributed by atoms with Gasteiger partial charge in [-0.2, -0.15) is 0 Å². The summed E-state index contributed by atoms with van der Waals surface area (Å²) in [5.41, 5.74) is 10.9. The lowest BCUT2D eigenvalue weighted by atomic mass is 9.85. The van der Waals surface area contributed by atoms with Gasteiger partial charge in [0.25, 0.3) is 0 Å². The van der Waals surface area contributed by atoms with Crippen LogP contribution in [0.2, 0.25) is 0 Å². The maximum atomic E-state index is 6.65. The molecule has 232 valence electrons. The van der Waals surface area contributed by atoms with Gasteiger partial charge in [-0.25, -0.2) is 0 Å². The molecule has 2 heteroatoms. The molecule has 2 heterocycles. The Morgan fingerprint density at radius 3 is 1.52 bits per heavy atom. The van der Waals surface area contributed by atoms with Crippen molar-refractivity contribution in [1.29, 1.82) is 0 Å². The smallest absolute Gasteiger partial charge is 0.136 e. The van der Waals surface area contributed by atoms with Crippen LogP contribution < -0.4 is 0 Å². The SMILES string of the molecule is c1ccc(-c2ccc(-c3c4ccccc4c(-c4ccc5c(c4)oc4ccc6cc7oc8ccccc8c7cc6c45)c4ccccc34)cc2)cc1. The number of furan rings is 2. The highest BCUT2D eigenvalue weighted by Gasteiger charge is 2.19. The van der Waals surface area contributed by atoms with Gasteiger partial charge in [0.05, 0.1) is 0 Å². The summed E-state index contributed by atoms with van der Waals surface area (Å²) in [7, 11) is 0. The van der Waals surface area contributed by atoms with Gasteiger partial charge < -0.3 is 8.83 Å². The predicted molar refractivity (Wildman–Crippen MR) is 210 cm³/mol. The van der Waals surface area contributed by atoms with Crippen molar-refractivity contribution in [2.24, 2.45) is 0 Å². The molecule has 0 unspecified atom stereocenters. The molecule has 0 radical (unpaired) electrons. The molecule has 0 aliphatic carbocycles. The van der Waals surface area contributed by atoms with E-state index >= 15 is 0 Å². The third-order valence-corrected chi connectivity index (χ3v) is 10.5. The Bertz CT molecular complexity index is 3070. The number of benzene rings is 9. The molecule has 0 N–H and O–H groups in total. The van der Waals surface area contributed by atoms with Crippen molar-refractivity contribution in [2.45, 2.75) is 0 Å². The monoisotopic (exact) mass is 636 g/mol. The molecule has 0 bridgehead atoms. The van der Waals surface area contributed by atoms with Gasteiger partial charge in [0.2, 0.25) is 0 Å². The summed E-state index contributed by atoms with van der Waals surface area (Å²) in [5, 5.41) is 11.7. The molecule has 11 aromatic rings. The first-order chi connectivity index (χ1) is 24.8. The molecular weight excluding hydrogens is 609 g/mol. The van der Waals surface area contributed by atoms with E-state index in [1.54, 1.807) is 0 Å². The van der Waals surface area contributed by atoms with E-state index in [1.807, 2.05) is 12.1 Å². The molecule has 0 saturated carbocycles. The topological polar surface area (TPSA) is 26.3 Å². The van der Waals surface area contributed by atoms with Gasteiger partial charge in [-0.05, 0) is 102 Å². The van der Waals surface area contributed by atoms with Crippen LogP contribution >= 0.6 is 0 Å². The Hall–Kier alpha value is -6.64. The van der Waals surface area contributed by atoms with Crippen LogP contribution in [0.4, 0.5) is 0 Å². The summed E-state index contributed by atoms with van der Waals surface area (Å²) in [6.45, 7) is 0. The van der Waals surface area contributed by atoms with Crippen LogP contribution in [0.15, 0.2) is 179 Å². The minimum absolute atomic E-state index is 0.885. The van der Waals surface area contributed by atoms with E-state index < -0.39 is 0 Å². The van der Waals surface area contributed by atoms with E-state index in [-0.39, 0.29) is 0 Å². The summed E-state index contributed by atoms with van der Waals surface area (Å²) >= 11 is 0. The van der Waals surface area contributed by atoms with Gasteiger partial charge in [-0.15, -0.1) is 0 Å². The maximum absolute atomic E-state index is 6.65. The molecule has 2 aromatic heterocycles. The standard InChI is InChI=1S/C48H28O2/c1-2-10-29(11-3-1)30-18-20-31(21-19-30)46-35-13-4-6-15-37(35)47(38-16-7-5-14-36(38)46)33-22-24-39-44(27-33)50-43-25-23-32-26-45-41(28-40(32)48(39)43)34-12-8-9-17-42(34)49-45/h1-28H. The largest absolute Gasteiger partial charge is 0.456 e. The highest BCUT2D eigenvalue weighted by Crippen LogP contribution is 2.46. The van der Waals surface area contributed by atoms with Crippen LogP contribution in [0, 0.1) is 0 Å². The summed E-state index contributed by atoms with van der Waals surface area (Å²) in [4.78, 5) is 0. The molecule has 50 heavy (non-hydrogen) atoms. The van der Waals surface area contributed by atoms with Crippen molar-refractivity contribution in [2.75, 3.05) is 0 Å². The van der Waals surface area contributed by atoms with Crippen LogP contribution in [0.25, 0.3) is 110 Å². The Labute approximate surface area is 287 Å². The zero-order valence-electron chi connectivity index (χ0n) is 27.0. The zero-order valence-corrected chi connectivity index (χ0v) is 27.0. The van der Waals surface area contributed by atoms with E-state index in [0.29, 0.717) is 0 Å². The van der Waals surface area contributed by atoms with Crippen LogP contribution in [0.1, 0.15) is 0 Å². The molecule has 0 fully saturated rings. The van der Waals surface area contributed by atoms with Crippen molar-refractivity contribution in [1.82, 2.24) is 0 Å². The van der Waals surface area contributed by atoms with Gasteiger partial charge in [0.1, 0.15) is 22.3 Å². The summed E-state index contributed by atoms with van der Waals surface area (Å²) in [6, 6.07) is 60.9. The van der Waals surface area contributed by atoms with Crippen LogP contribution in [0.3, 0.4) is 0 Å². The van der Waals surface area contributed by atoms with Gasteiger partial charge in [-0.3, -0.25) is 0 Å². The molecule has 2 nitrogen and oxygen atoms in total. The second-order valence-electron chi connectivity index (χ2n) is 13.2. The molecular formula is C48H28O2. The molecule has 0 spiro atoms. The van der Waals surface area contributed by atoms with Crippen molar-refractivity contribution in [3.8, 4) is 33.4 Å².